The van der Waals surface area contributed by atoms with Gasteiger partial charge in [-0.05, 0) is 61.4 Å². The van der Waals surface area contributed by atoms with Crippen LogP contribution in [0.1, 0.15) is 12.8 Å². The Bertz CT molecular complexity index is 1220. The van der Waals surface area contributed by atoms with E-state index in [-0.39, 0.29) is 16.7 Å². The van der Waals surface area contributed by atoms with Crippen molar-refractivity contribution in [3.8, 4) is 17.0 Å². The molecule has 3 aromatic rings. The van der Waals surface area contributed by atoms with Crippen LogP contribution in [0.3, 0.4) is 0 Å². The lowest BCUT2D eigenvalue weighted by atomic mass is 9.95. The van der Waals surface area contributed by atoms with Crippen LogP contribution in [0, 0.1) is 5.92 Å². The van der Waals surface area contributed by atoms with Crippen LogP contribution < -0.4 is 20.1 Å². The second-order valence-electron chi connectivity index (χ2n) is 7.81. The summed E-state index contributed by atoms with van der Waals surface area (Å²) in [6.45, 7) is 1.39. The molecule has 0 radical (unpaired) electrons. The lowest BCUT2D eigenvalue weighted by Gasteiger charge is -2.32. The number of amides is 1. The van der Waals surface area contributed by atoms with E-state index >= 15 is 0 Å². The summed E-state index contributed by atoms with van der Waals surface area (Å²) in [6, 6.07) is 15.5. The van der Waals surface area contributed by atoms with Crippen LogP contribution >= 0.6 is 0 Å². The Morgan fingerprint density at radius 2 is 1.73 bits per heavy atom. The standard InChI is InChI=1S/C23H25N5O4S/c1-32-19-6-2-16(3-7-19)21-14-22(26-15-25-21)28-12-10-17(11-13-28)23(29)27-18-4-8-20(9-5-18)33(24,30)31/h2-9,14-15,17H,10-13H2,1H3,(H,27,29)(H2,24,30,31). The number of hydrogen-bond acceptors (Lipinski definition) is 7. The van der Waals surface area contributed by atoms with E-state index in [4.69, 9.17) is 9.88 Å². The largest absolute Gasteiger partial charge is 0.497 e. The van der Waals surface area contributed by atoms with Crippen LogP contribution in [-0.4, -0.2) is 44.5 Å². The maximum atomic E-state index is 12.7. The number of hydrogen-bond donors (Lipinski definition) is 2. The summed E-state index contributed by atoms with van der Waals surface area (Å²) in [5.74, 6) is 1.39. The van der Waals surface area contributed by atoms with E-state index in [0.717, 1.165) is 22.8 Å². The van der Waals surface area contributed by atoms with Crippen molar-refractivity contribution in [2.75, 3.05) is 30.4 Å². The SMILES string of the molecule is COc1ccc(-c2cc(N3CCC(C(=O)Nc4ccc(S(N)(=O)=O)cc4)CC3)ncn2)cc1. The average Bonchev–Trinajstić information content (AvgIpc) is 2.84. The molecule has 2 aromatic carbocycles. The third-order valence-electron chi connectivity index (χ3n) is 5.68. The first kappa shape index (κ1) is 22.7. The first-order valence-electron chi connectivity index (χ1n) is 10.5. The summed E-state index contributed by atoms with van der Waals surface area (Å²) in [5, 5.41) is 7.96. The number of ether oxygens (including phenoxy) is 1. The number of methoxy groups -OCH3 is 1. The van der Waals surface area contributed by atoms with E-state index in [2.05, 4.69) is 20.2 Å². The minimum Gasteiger partial charge on any atom is -0.497 e. The molecule has 1 fully saturated rings. The number of anilines is 2. The van der Waals surface area contributed by atoms with Crippen molar-refractivity contribution in [2.24, 2.45) is 11.1 Å². The van der Waals surface area contributed by atoms with Crippen molar-refractivity contribution in [2.45, 2.75) is 17.7 Å². The highest BCUT2D eigenvalue weighted by Gasteiger charge is 2.26. The van der Waals surface area contributed by atoms with Gasteiger partial charge in [0.15, 0.2) is 0 Å². The maximum Gasteiger partial charge on any atom is 0.238 e. The number of carbonyl (C=O) groups is 1. The summed E-state index contributed by atoms with van der Waals surface area (Å²) in [6.07, 6.45) is 2.92. The fourth-order valence-corrected chi connectivity index (χ4v) is 4.30. The number of carbonyl (C=O) groups excluding carboxylic acids is 1. The number of nitrogens with one attached hydrogen (secondary N) is 1. The zero-order chi connectivity index (χ0) is 23.4. The number of nitrogens with zero attached hydrogens (tertiary/aromatic N) is 3. The van der Waals surface area contributed by atoms with Gasteiger partial charge >= 0.3 is 0 Å². The van der Waals surface area contributed by atoms with Gasteiger partial charge in [0.05, 0.1) is 17.7 Å². The highest BCUT2D eigenvalue weighted by molar-refractivity contribution is 7.89. The lowest BCUT2D eigenvalue weighted by Crippen LogP contribution is -2.38. The molecule has 0 saturated carbocycles. The Labute approximate surface area is 192 Å². The molecule has 2 heterocycles. The molecule has 9 nitrogen and oxygen atoms in total. The van der Waals surface area contributed by atoms with Crippen molar-refractivity contribution in [3.63, 3.8) is 0 Å². The molecule has 0 bridgehead atoms. The number of sulfonamides is 1. The number of rotatable bonds is 6. The summed E-state index contributed by atoms with van der Waals surface area (Å²) < 4.78 is 27.9. The van der Waals surface area contributed by atoms with Crippen molar-refractivity contribution in [1.82, 2.24) is 9.97 Å². The van der Waals surface area contributed by atoms with Gasteiger partial charge < -0.3 is 15.0 Å². The van der Waals surface area contributed by atoms with Gasteiger partial charge in [0.1, 0.15) is 17.9 Å². The van der Waals surface area contributed by atoms with Crippen LogP contribution in [0.4, 0.5) is 11.5 Å². The van der Waals surface area contributed by atoms with Gasteiger partial charge in [-0.3, -0.25) is 4.79 Å². The highest BCUT2D eigenvalue weighted by Crippen LogP contribution is 2.27. The van der Waals surface area contributed by atoms with E-state index in [1.807, 2.05) is 30.3 Å². The molecule has 1 amide bonds. The average molecular weight is 468 g/mol. The number of primary sulfonamides is 1. The van der Waals surface area contributed by atoms with Crippen molar-refractivity contribution in [3.05, 3.63) is 60.9 Å². The van der Waals surface area contributed by atoms with E-state index in [0.29, 0.717) is 31.6 Å². The van der Waals surface area contributed by atoms with Crippen LogP contribution in [0.25, 0.3) is 11.3 Å². The third kappa shape index (κ3) is 5.47. The Kier molecular flexibility index (Phi) is 6.57. The molecule has 4 rings (SSSR count). The van der Waals surface area contributed by atoms with Gasteiger partial charge in [-0.1, -0.05) is 0 Å². The Hall–Kier alpha value is -3.50. The van der Waals surface area contributed by atoms with E-state index in [1.165, 1.54) is 24.3 Å². The monoisotopic (exact) mass is 467 g/mol. The number of piperidine rings is 1. The molecule has 1 aliphatic heterocycles. The Morgan fingerprint density at radius 3 is 2.33 bits per heavy atom. The van der Waals surface area contributed by atoms with Crippen LogP contribution in [0.15, 0.2) is 65.8 Å². The van der Waals surface area contributed by atoms with Crippen LogP contribution in [-0.2, 0) is 14.8 Å². The van der Waals surface area contributed by atoms with Gasteiger partial charge in [0, 0.05) is 36.3 Å². The zero-order valence-electron chi connectivity index (χ0n) is 18.1. The molecule has 0 aliphatic carbocycles. The number of benzene rings is 2. The predicted molar refractivity (Wildman–Crippen MR) is 125 cm³/mol. The van der Waals surface area contributed by atoms with Gasteiger partial charge in [0.2, 0.25) is 15.9 Å². The van der Waals surface area contributed by atoms with Crippen molar-refractivity contribution >= 4 is 27.4 Å². The molecule has 10 heteroatoms. The number of nitrogens with two attached hydrogens (primary N) is 1. The molecule has 3 N–H and O–H groups in total. The van der Waals surface area contributed by atoms with Gasteiger partial charge in [-0.2, -0.15) is 0 Å². The Balaban J connectivity index is 1.36. The molecule has 0 atom stereocenters. The summed E-state index contributed by atoms with van der Waals surface area (Å²) in [5.41, 5.74) is 2.34. The summed E-state index contributed by atoms with van der Waals surface area (Å²) in [7, 11) is -2.13. The van der Waals surface area contributed by atoms with Gasteiger partial charge in [0.25, 0.3) is 0 Å². The fourth-order valence-electron chi connectivity index (χ4n) is 3.78. The van der Waals surface area contributed by atoms with E-state index in [1.54, 1.807) is 13.4 Å². The second-order valence-corrected chi connectivity index (χ2v) is 9.37. The lowest BCUT2D eigenvalue weighted by molar-refractivity contribution is -0.120. The summed E-state index contributed by atoms with van der Waals surface area (Å²) in [4.78, 5) is 23.6. The van der Waals surface area contributed by atoms with E-state index < -0.39 is 10.0 Å². The predicted octanol–water partition coefficient (Wildman–Crippen LogP) is 2.65. The molecule has 0 spiro atoms. The topological polar surface area (TPSA) is 128 Å². The minimum absolute atomic E-state index is 0.00710. The molecule has 1 aromatic heterocycles. The molecule has 1 saturated heterocycles. The zero-order valence-corrected chi connectivity index (χ0v) is 19.0. The van der Waals surface area contributed by atoms with Gasteiger partial charge in [-0.15, -0.1) is 0 Å². The molecule has 1 aliphatic rings. The molecular formula is C23H25N5O4S. The Morgan fingerprint density at radius 1 is 1.06 bits per heavy atom. The first-order chi connectivity index (χ1) is 15.8. The first-order valence-corrected chi connectivity index (χ1v) is 12.0. The van der Waals surface area contributed by atoms with E-state index in [9.17, 15) is 13.2 Å². The number of aromatic nitrogens is 2. The summed E-state index contributed by atoms with van der Waals surface area (Å²) >= 11 is 0. The van der Waals surface area contributed by atoms with Crippen molar-refractivity contribution < 1.29 is 17.9 Å². The normalized spacial score (nSPS) is 14.7. The van der Waals surface area contributed by atoms with Crippen LogP contribution in [0.5, 0.6) is 5.75 Å². The molecule has 0 unspecified atom stereocenters. The highest BCUT2D eigenvalue weighted by atomic mass is 32.2. The molecule has 33 heavy (non-hydrogen) atoms. The van der Waals surface area contributed by atoms with Gasteiger partial charge in [-0.25, -0.2) is 23.5 Å². The third-order valence-corrected chi connectivity index (χ3v) is 6.61. The maximum absolute atomic E-state index is 12.7. The quantitative estimate of drug-likeness (QED) is 0.570. The van der Waals surface area contributed by atoms with Crippen LogP contribution in [0.2, 0.25) is 0 Å². The fraction of sp³-hybridized carbons (Fsp3) is 0.261. The molecule has 172 valence electrons. The smallest absolute Gasteiger partial charge is 0.238 e. The second kappa shape index (κ2) is 9.55. The molecular weight excluding hydrogens is 442 g/mol. The minimum atomic E-state index is -3.76. The van der Waals surface area contributed by atoms with Crippen molar-refractivity contribution in [1.29, 1.82) is 0 Å².